The number of fused-ring (bicyclic) bond motifs is 1. The second-order valence-corrected chi connectivity index (χ2v) is 3.41. The van der Waals surface area contributed by atoms with Gasteiger partial charge in [-0.25, -0.2) is 4.52 Å². The Morgan fingerprint density at radius 3 is 3.12 bits per heavy atom. The maximum absolute atomic E-state index is 11.1. The molecule has 2 aromatic rings. The van der Waals surface area contributed by atoms with E-state index in [1.165, 1.54) is 7.11 Å². The lowest BCUT2D eigenvalue weighted by molar-refractivity contribution is -0.139. The van der Waals surface area contributed by atoms with Crippen LogP contribution < -0.4 is 0 Å². The van der Waals surface area contributed by atoms with Crippen LogP contribution in [0.2, 0.25) is 0 Å². The summed E-state index contributed by atoms with van der Waals surface area (Å²) in [5, 5.41) is 13.4. The van der Waals surface area contributed by atoms with E-state index in [1.807, 2.05) is 6.07 Å². The molecule has 0 unspecified atom stereocenters. The number of aliphatic hydroxyl groups is 1. The van der Waals surface area contributed by atoms with Gasteiger partial charge in [-0.1, -0.05) is 6.07 Å². The molecule has 5 heteroatoms. The van der Waals surface area contributed by atoms with Crippen LogP contribution in [0.3, 0.4) is 0 Å². The lowest BCUT2D eigenvalue weighted by atomic mass is 10.2. The zero-order valence-corrected chi connectivity index (χ0v) is 8.88. The van der Waals surface area contributed by atoms with Crippen LogP contribution in [-0.4, -0.2) is 27.8 Å². The number of aliphatic hydroxyl groups excluding tert-OH is 1. The summed E-state index contributed by atoms with van der Waals surface area (Å²) in [5.74, 6) is -0.325. The molecule has 0 atom stereocenters. The number of carbonyl (C=O) groups excluding carboxylic acids is 1. The molecule has 0 fully saturated rings. The van der Waals surface area contributed by atoms with Gasteiger partial charge >= 0.3 is 5.97 Å². The highest BCUT2D eigenvalue weighted by molar-refractivity contribution is 5.72. The molecule has 0 amide bonds. The summed E-state index contributed by atoms with van der Waals surface area (Å²) >= 11 is 0. The van der Waals surface area contributed by atoms with Gasteiger partial charge in [-0.15, -0.1) is 0 Å². The van der Waals surface area contributed by atoms with Crippen molar-refractivity contribution >= 4 is 11.5 Å². The number of rotatable bonds is 3. The normalized spacial score (nSPS) is 10.6. The predicted molar refractivity (Wildman–Crippen MR) is 56.8 cm³/mol. The van der Waals surface area contributed by atoms with Gasteiger partial charge in [-0.05, 0) is 12.1 Å². The van der Waals surface area contributed by atoms with E-state index in [-0.39, 0.29) is 19.0 Å². The standard InChI is InChI=1S/C11H12N2O3/c1-16-11(15)6-9-5-10-8(7-14)3-2-4-13(10)12-9/h2-5,14H,6-7H2,1H3. The summed E-state index contributed by atoms with van der Waals surface area (Å²) < 4.78 is 6.21. The first kappa shape index (κ1) is 10.6. The molecule has 0 radical (unpaired) electrons. The minimum Gasteiger partial charge on any atom is -0.469 e. The SMILES string of the molecule is COC(=O)Cc1cc2c(CO)cccn2n1. The van der Waals surface area contributed by atoms with Crippen molar-refractivity contribution in [2.75, 3.05) is 7.11 Å². The van der Waals surface area contributed by atoms with Crippen molar-refractivity contribution in [2.24, 2.45) is 0 Å². The molecule has 0 spiro atoms. The van der Waals surface area contributed by atoms with Gasteiger partial charge in [0.05, 0.1) is 31.3 Å². The summed E-state index contributed by atoms with van der Waals surface area (Å²) in [4.78, 5) is 11.1. The van der Waals surface area contributed by atoms with E-state index in [0.717, 1.165) is 11.1 Å². The van der Waals surface area contributed by atoms with E-state index in [0.29, 0.717) is 5.69 Å². The second-order valence-electron chi connectivity index (χ2n) is 3.41. The second kappa shape index (κ2) is 4.32. The summed E-state index contributed by atoms with van der Waals surface area (Å²) in [5.41, 5.74) is 2.22. The number of esters is 1. The maximum Gasteiger partial charge on any atom is 0.311 e. The number of hydrogen-bond donors (Lipinski definition) is 1. The average Bonchev–Trinajstić information content (AvgIpc) is 2.70. The van der Waals surface area contributed by atoms with Gasteiger partial charge < -0.3 is 9.84 Å². The molecule has 0 saturated heterocycles. The first-order chi connectivity index (χ1) is 7.74. The molecule has 16 heavy (non-hydrogen) atoms. The number of ether oxygens (including phenoxy) is 1. The molecule has 84 valence electrons. The molecule has 0 saturated carbocycles. The maximum atomic E-state index is 11.1. The molecule has 2 heterocycles. The van der Waals surface area contributed by atoms with Crippen molar-refractivity contribution in [3.8, 4) is 0 Å². The van der Waals surface area contributed by atoms with Crippen molar-refractivity contribution in [3.05, 3.63) is 35.7 Å². The zero-order chi connectivity index (χ0) is 11.5. The lowest BCUT2D eigenvalue weighted by Gasteiger charge is -1.97. The van der Waals surface area contributed by atoms with Crippen molar-refractivity contribution in [1.82, 2.24) is 9.61 Å². The molecular formula is C11H12N2O3. The van der Waals surface area contributed by atoms with Crippen molar-refractivity contribution in [3.63, 3.8) is 0 Å². The van der Waals surface area contributed by atoms with Crippen LogP contribution in [0.4, 0.5) is 0 Å². The van der Waals surface area contributed by atoms with Crippen LogP contribution in [0.1, 0.15) is 11.3 Å². The number of hydrogen-bond acceptors (Lipinski definition) is 4. The summed E-state index contributed by atoms with van der Waals surface area (Å²) in [6.07, 6.45) is 1.92. The molecule has 0 bridgehead atoms. The minimum absolute atomic E-state index is 0.0479. The average molecular weight is 220 g/mol. The Kier molecular flexibility index (Phi) is 2.87. The van der Waals surface area contributed by atoms with Gasteiger partial charge in [0.15, 0.2) is 0 Å². The molecule has 2 rings (SSSR count). The third-order valence-corrected chi connectivity index (χ3v) is 2.36. The van der Waals surface area contributed by atoms with Crippen molar-refractivity contribution in [2.45, 2.75) is 13.0 Å². The molecule has 2 aromatic heterocycles. The topological polar surface area (TPSA) is 63.8 Å². The van der Waals surface area contributed by atoms with E-state index >= 15 is 0 Å². The summed E-state index contributed by atoms with van der Waals surface area (Å²) in [6.45, 7) is -0.0479. The van der Waals surface area contributed by atoms with Gasteiger partial charge in [-0.3, -0.25) is 4.79 Å². The van der Waals surface area contributed by atoms with E-state index in [4.69, 9.17) is 5.11 Å². The molecule has 0 aliphatic carbocycles. The number of carbonyl (C=O) groups is 1. The first-order valence-corrected chi connectivity index (χ1v) is 4.88. The van der Waals surface area contributed by atoms with Crippen molar-refractivity contribution < 1.29 is 14.6 Å². The highest BCUT2D eigenvalue weighted by Gasteiger charge is 2.09. The number of nitrogens with zero attached hydrogens (tertiary/aromatic N) is 2. The van der Waals surface area contributed by atoms with Crippen LogP contribution in [-0.2, 0) is 22.6 Å². The fraction of sp³-hybridized carbons (Fsp3) is 0.273. The zero-order valence-electron chi connectivity index (χ0n) is 8.88. The van der Waals surface area contributed by atoms with Crippen LogP contribution in [0.15, 0.2) is 24.4 Å². The largest absolute Gasteiger partial charge is 0.469 e. The Balaban J connectivity index is 2.39. The number of methoxy groups -OCH3 is 1. The van der Waals surface area contributed by atoms with Crippen LogP contribution >= 0.6 is 0 Å². The first-order valence-electron chi connectivity index (χ1n) is 4.88. The highest BCUT2D eigenvalue weighted by atomic mass is 16.5. The van der Waals surface area contributed by atoms with Gasteiger partial charge in [0.2, 0.25) is 0 Å². The van der Waals surface area contributed by atoms with Crippen molar-refractivity contribution in [1.29, 1.82) is 0 Å². The molecular weight excluding hydrogens is 208 g/mol. The van der Waals surface area contributed by atoms with E-state index in [1.54, 1.807) is 22.8 Å². The molecule has 0 aliphatic rings. The van der Waals surface area contributed by atoms with E-state index in [2.05, 4.69) is 9.84 Å². The van der Waals surface area contributed by atoms with Crippen LogP contribution in [0.25, 0.3) is 5.52 Å². The molecule has 1 N–H and O–H groups in total. The third-order valence-electron chi connectivity index (χ3n) is 2.36. The monoisotopic (exact) mass is 220 g/mol. The Hall–Kier alpha value is -1.88. The minimum atomic E-state index is -0.325. The Labute approximate surface area is 92.3 Å². The quantitative estimate of drug-likeness (QED) is 0.767. The Bertz CT molecular complexity index is 519. The molecule has 5 nitrogen and oxygen atoms in total. The van der Waals surface area contributed by atoms with Gasteiger partial charge in [-0.2, -0.15) is 5.10 Å². The van der Waals surface area contributed by atoms with Gasteiger partial charge in [0.25, 0.3) is 0 Å². The van der Waals surface area contributed by atoms with Gasteiger partial charge in [0.1, 0.15) is 0 Å². The smallest absolute Gasteiger partial charge is 0.311 e. The molecule has 0 aliphatic heterocycles. The highest BCUT2D eigenvalue weighted by Crippen LogP contribution is 2.13. The fourth-order valence-corrected chi connectivity index (χ4v) is 1.56. The number of aromatic nitrogens is 2. The van der Waals surface area contributed by atoms with E-state index in [9.17, 15) is 4.79 Å². The Morgan fingerprint density at radius 2 is 2.44 bits per heavy atom. The predicted octanol–water partition coefficient (Wildman–Crippen LogP) is 0.542. The lowest BCUT2D eigenvalue weighted by Crippen LogP contribution is -2.04. The summed E-state index contributed by atoms with van der Waals surface area (Å²) in [7, 11) is 1.34. The third kappa shape index (κ3) is 1.90. The van der Waals surface area contributed by atoms with Crippen LogP contribution in [0, 0.1) is 0 Å². The Morgan fingerprint density at radius 1 is 1.62 bits per heavy atom. The fourth-order valence-electron chi connectivity index (χ4n) is 1.56. The summed E-state index contributed by atoms with van der Waals surface area (Å²) in [6, 6.07) is 5.40. The van der Waals surface area contributed by atoms with Gasteiger partial charge in [0, 0.05) is 11.8 Å². The van der Waals surface area contributed by atoms with E-state index < -0.39 is 0 Å². The van der Waals surface area contributed by atoms with Crippen LogP contribution in [0.5, 0.6) is 0 Å². The number of pyridine rings is 1. The molecule has 0 aromatic carbocycles.